The molecule has 0 aliphatic carbocycles. The highest BCUT2D eigenvalue weighted by Crippen LogP contribution is 2.25. The summed E-state index contributed by atoms with van der Waals surface area (Å²) in [6, 6.07) is 10.5. The first-order valence-corrected chi connectivity index (χ1v) is 8.70. The van der Waals surface area contributed by atoms with Crippen LogP contribution in [0.2, 0.25) is 5.02 Å². The Labute approximate surface area is 145 Å². The minimum absolute atomic E-state index is 0.0520. The molecular formula is C16H14ClN3O3S. The van der Waals surface area contributed by atoms with Gasteiger partial charge < -0.3 is 5.32 Å². The van der Waals surface area contributed by atoms with Gasteiger partial charge in [-0.2, -0.15) is 5.26 Å². The Balaban J connectivity index is 2.42. The molecule has 2 rings (SSSR count). The fraction of sp³-hybridized carbons (Fsp3) is 0.125. The van der Waals surface area contributed by atoms with Gasteiger partial charge in [0.25, 0.3) is 15.9 Å². The van der Waals surface area contributed by atoms with Crippen molar-refractivity contribution in [2.45, 2.75) is 11.8 Å². The monoisotopic (exact) mass is 363 g/mol. The molecule has 0 aromatic heterocycles. The molecule has 24 heavy (non-hydrogen) atoms. The highest BCUT2D eigenvalue weighted by atomic mass is 35.5. The molecule has 2 aromatic carbocycles. The second-order valence-corrected chi connectivity index (χ2v) is 7.01. The van der Waals surface area contributed by atoms with E-state index in [1.807, 2.05) is 6.07 Å². The third-order valence-corrected chi connectivity index (χ3v) is 5.10. The number of anilines is 1. The number of hydrogen-bond acceptors (Lipinski definition) is 4. The number of hydrogen-bond donors (Lipinski definition) is 2. The van der Waals surface area contributed by atoms with E-state index < -0.39 is 10.0 Å². The van der Waals surface area contributed by atoms with Gasteiger partial charge in [-0.05, 0) is 42.8 Å². The van der Waals surface area contributed by atoms with Crippen molar-refractivity contribution in [2.75, 3.05) is 11.8 Å². The van der Waals surface area contributed by atoms with Crippen molar-refractivity contribution in [3.05, 3.63) is 58.1 Å². The van der Waals surface area contributed by atoms with Gasteiger partial charge in [-0.3, -0.25) is 9.52 Å². The van der Waals surface area contributed by atoms with Crippen LogP contribution in [0.5, 0.6) is 0 Å². The summed E-state index contributed by atoms with van der Waals surface area (Å²) in [5.74, 6) is -0.310. The van der Waals surface area contributed by atoms with E-state index in [0.717, 1.165) is 0 Å². The zero-order chi connectivity index (χ0) is 17.9. The molecule has 0 atom stereocenters. The molecule has 0 radical (unpaired) electrons. The minimum Gasteiger partial charge on any atom is -0.355 e. The number of carbonyl (C=O) groups excluding carboxylic acids is 1. The number of rotatable bonds is 4. The van der Waals surface area contributed by atoms with Gasteiger partial charge in [0, 0.05) is 12.6 Å². The molecule has 0 spiro atoms. The number of nitrogens with zero attached hydrogens (tertiary/aromatic N) is 1. The van der Waals surface area contributed by atoms with E-state index >= 15 is 0 Å². The van der Waals surface area contributed by atoms with Crippen LogP contribution in [0.25, 0.3) is 0 Å². The molecule has 0 aliphatic rings. The normalized spacial score (nSPS) is 10.8. The SMILES string of the molecule is CNC(=O)c1cccc(NS(=O)(=O)c2ccc(C#N)c(Cl)c2)c1C. The van der Waals surface area contributed by atoms with Crippen LogP contribution in [0.3, 0.4) is 0 Å². The number of amides is 1. The molecule has 124 valence electrons. The summed E-state index contributed by atoms with van der Waals surface area (Å²) in [7, 11) is -2.41. The Kier molecular flexibility index (Phi) is 5.12. The Bertz CT molecular complexity index is 950. The zero-order valence-electron chi connectivity index (χ0n) is 12.9. The molecule has 2 aromatic rings. The fourth-order valence-electron chi connectivity index (χ4n) is 2.08. The number of nitrogens with one attached hydrogen (secondary N) is 2. The van der Waals surface area contributed by atoms with Gasteiger partial charge >= 0.3 is 0 Å². The van der Waals surface area contributed by atoms with Crippen molar-refractivity contribution in [3.63, 3.8) is 0 Å². The molecule has 0 saturated carbocycles. The topological polar surface area (TPSA) is 99.1 Å². The van der Waals surface area contributed by atoms with Crippen LogP contribution >= 0.6 is 11.6 Å². The molecule has 0 bridgehead atoms. The molecule has 8 heteroatoms. The van der Waals surface area contributed by atoms with Crippen LogP contribution in [0.1, 0.15) is 21.5 Å². The maximum atomic E-state index is 12.5. The van der Waals surface area contributed by atoms with Crippen molar-refractivity contribution in [2.24, 2.45) is 0 Å². The highest BCUT2D eigenvalue weighted by molar-refractivity contribution is 7.92. The van der Waals surface area contributed by atoms with Crippen molar-refractivity contribution in [1.29, 1.82) is 5.26 Å². The Hall–Kier alpha value is -2.56. The van der Waals surface area contributed by atoms with E-state index in [4.69, 9.17) is 16.9 Å². The molecule has 0 aliphatic heterocycles. The standard InChI is InChI=1S/C16H14ClN3O3S/c1-10-13(16(21)19-2)4-3-5-15(10)20-24(22,23)12-7-6-11(9-18)14(17)8-12/h3-8,20H,1-2H3,(H,19,21). The summed E-state index contributed by atoms with van der Waals surface area (Å²) >= 11 is 5.89. The smallest absolute Gasteiger partial charge is 0.261 e. The van der Waals surface area contributed by atoms with Gasteiger partial charge in [0.2, 0.25) is 0 Å². The number of nitriles is 1. The van der Waals surface area contributed by atoms with Crippen LogP contribution in [0, 0.1) is 18.3 Å². The van der Waals surface area contributed by atoms with Crippen molar-refractivity contribution >= 4 is 33.2 Å². The van der Waals surface area contributed by atoms with Crippen molar-refractivity contribution in [3.8, 4) is 6.07 Å². The van der Waals surface area contributed by atoms with Gasteiger partial charge in [-0.1, -0.05) is 17.7 Å². The lowest BCUT2D eigenvalue weighted by Crippen LogP contribution is -2.20. The average molecular weight is 364 g/mol. The van der Waals surface area contributed by atoms with Crippen LogP contribution in [0.4, 0.5) is 5.69 Å². The van der Waals surface area contributed by atoms with Crippen molar-refractivity contribution in [1.82, 2.24) is 5.32 Å². The number of halogens is 1. The summed E-state index contributed by atoms with van der Waals surface area (Å²) in [6.45, 7) is 1.65. The minimum atomic E-state index is -3.91. The van der Waals surface area contributed by atoms with Crippen LogP contribution in [0.15, 0.2) is 41.3 Å². The molecule has 0 saturated heterocycles. The second kappa shape index (κ2) is 6.91. The Morgan fingerprint density at radius 1 is 1.25 bits per heavy atom. The lowest BCUT2D eigenvalue weighted by molar-refractivity contribution is 0.0962. The molecule has 0 fully saturated rings. The summed E-state index contributed by atoms with van der Waals surface area (Å²) in [5.41, 5.74) is 1.35. The lowest BCUT2D eigenvalue weighted by atomic mass is 10.1. The second-order valence-electron chi connectivity index (χ2n) is 4.92. The predicted octanol–water partition coefficient (Wildman–Crippen LogP) is 2.68. The van der Waals surface area contributed by atoms with Crippen molar-refractivity contribution < 1.29 is 13.2 Å². The summed E-state index contributed by atoms with van der Waals surface area (Å²) < 4.78 is 27.4. The largest absolute Gasteiger partial charge is 0.355 e. The maximum Gasteiger partial charge on any atom is 0.261 e. The predicted molar refractivity (Wildman–Crippen MR) is 91.5 cm³/mol. The van der Waals surface area contributed by atoms with E-state index in [-0.39, 0.29) is 27.1 Å². The molecule has 6 nitrogen and oxygen atoms in total. The van der Waals surface area contributed by atoms with E-state index in [9.17, 15) is 13.2 Å². The lowest BCUT2D eigenvalue weighted by Gasteiger charge is -2.13. The maximum absolute atomic E-state index is 12.5. The number of carbonyl (C=O) groups is 1. The first-order valence-electron chi connectivity index (χ1n) is 6.84. The van der Waals surface area contributed by atoms with E-state index in [1.54, 1.807) is 25.1 Å². The van der Waals surface area contributed by atoms with Crippen LogP contribution in [-0.2, 0) is 10.0 Å². The average Bonchev–Trinajstić information content (AvgIpc) is 2.55. The fourth-order valence-corrected chi connectivity index (χ4v) is 3.52. The molecular weight excluding hydrogens is 350 g/mol. The summed E-state index contributed by atoms with van der Waals surface area (Å²) in [5, 5.41) is 11.4. The van der Waals surface area contributed by atoms with Crippen LogP contribution in [-0.4, -0.2) is 21.4 Å². The number of benzene rings is 2. The van der Waals surface area contributed by atoms with Gasteiger partial charge in [0.1, 0.15) is 6.07 Å². The molecule has 0 unspecified atom stereocenters. The molecule has 0 heterocycles. The first-order chi connectivity index (χ1) is 11.3. The third-order valence-electron chi connectivity index (χ3n) is 3.42. The quantitative estimate of drug-likeness (QED) is 0.872. The molecule has 2 N–H and O–H groups in total. The Morgan fingerprint density at radius 2 is 1.96 bits per heavy atom. The highest BCUT2D eigenvalue weighted by Gasteiger charge is 2.18. The summed E-state index contributed by atoms with van der Waals surface area (Å²) in [4.78, 5) is 11.7. The number of sulfonamides is 1. The summed E-state index contributed by atoms with van der Waals surface area (Å²) in [6.07, 6.45) is 0. The van der Waals surface area contributed by atoms with Gasteiger partial charge in [0.15, 0.2) is 0 Å². The van der Waals surface area contributed by atoms with Gasteiger partial charge in [0.05, 0.1) is 21.2 Å². The van der Waals surface area contributed by atoms with E-state index in [2.05, 4.69) is 10.0 Å². The third kappa shape index (κ3) is 3.50. The molecule has 1 amide bonds. The van der Waals surface area contributed by atoms with E-state index in [0.29, 0.717) is 11.1 Å². The zero-order valence-corrected chi connectivity index (χ0v) is 14.5. The van der Waals surface area contributed by atoms with Gasteiger partial charge in [-0.25, -0.2) is 8.42 Å². The van der Waals surface area contributed by atoms with E-state index in [1.165, 1.54) is 25.2 Å². The first kappa shape index (κ1) is 17.8. The Morgan fingerprint density at radius 3 is 2.54 bits per heavy atom. The van der Waals surface area contributed by atoms with Gasteiger partial charge in [-0.15, -0.1) is 0 Å². The van der Waals surface area contributed by atoms with Crippen LogP contribution < -0.4 is 10.0 Å².